The third-order valence-corrected chi connectivity index (χ3v) is 6.63. The zero-order valence-electron chi connectivity index (χ0n) is 17.6. The molecule has 1 aromatic carbocycles. The van der Waals surface area contributed by atoms with Crippen molar-refractivity contribution in [3.8, 4) is 0 Å². The molecule has 2 atom stereocenters. The number of carbonyl (C=O) groups excluding carboxylic acids is 1. The van der Waals surface area contributed by atoms with Gasteiger partial charge >= 0.3 is 0 Å². The lowest BCUT2D eigenvalue weighted by Gasteiger charge is -2.31. The van der Waals surface area contributed by atoms with Gasteiger partial charge in [0, 0.05) is 23.8 Å². The molecule has 2 unspecified atom stereocenters. The van der Waals surface area contributed by atoms with Crippen molar-refractivity contribution in [1.82, 2.24) is 14.8 Å². The Hall–Kier alpha value is -2.45. The molecule has 4 rings (SSSR count). The average Bonchev–Trinajstić information content (AvgIpc) is 3.40. The van der Waals surface area contributed by atoms with Crippen LogP contribution < -0.4 is 10.2 Å². The van der Waals surface area contributed by atoms with Gasteiger partial charge in [-0.2, -0.15) is 0 Å². The first-order valence-electron chi connectivity index (χ1n) is 10.4. The van der Waals surface area contributed by atoms with Crippen LogP contribution in [-0.2, 0) is 11.3 Å². The fraction of sp³-hybridized carbons (Fsp3) is 0.409. The number of nitrogens with zero attached hydrogens (tertiary/aromatic N) is 4. The summed E-state index contributed by atoms with van der Waals surface area (Å²) in [6, 6.07) is 10.9. The summed E-state index contributed by atoms with van der Waals surface area (Å²) in [4.78, 5) is 15.0. The molecule has 3 heterocycles. The van der Waals surface area contributed by atoms with Crippen molar-refractivity contribution in [3.05, 3.63) is 53.4 Å². The van der Waals surface area contributed by atoms with Crippen LogP contribution in [0.15, 0.2) is 52.2 Å². The van der Waals surface area contributed by atoms with Gasteiger partial charge in [0.05, 0.1) is 18.1 Å². The van der Waals surface area contributed by atoms with Crippen molar-refractivity contribution in [2.45, 2.75) is 43.6 Å². The highest BCUT2D eigenvalue weighted by molar-refractivity contribution is 8.00. The van der Waals surface area contributed by atoms with Gasteiger partial charge in [-0.1, -0.05) is 30.3 Å². The molecule has 0 radical (unpaired) electrons. The lowest BCUT2D eigenvalue weighted by Crippen LogP contribution is -2.36. The van der Waals surface area contributed by atoms with Crippen LogP contribution in [0.25, 0.3) is 0 Å². The number of anilines is 2. The first-order valence-corrected chi connectivity index (χ1v) is 11.7. The quantitative estimate of drug-likeness (QED) is 0.505. The number of thioether (sulfide) groups is 1. The minimum Gasteiger partial charge on any atom is -0.467 e. The number of carbonyl (C=O) groups is 1. The van der Waals surface area contributed by atoms with Crippen LogP contribution >= 0.6 is 23.4 Å². The second-order valence-electron chi connectivity index (χ2n) is 7.90. The summed E-state index contributed by atoms with van der Waals surface area (Å²) in [5.74, 6) is 2.16. The zero-order chi connectivity index (χ0) is 21.8. The molecule has 164 valence electrons. The smallest absolute Gasteiger partial charge is 0.237 e. The molecule has 1 fully saturated rings. The maximum atomic E-state index is 12.7. The highest BCUT2D eigenvalue weighted by atomic mass is 35.5. The standard InChI is InChI=1S/C22H26ClN5O2S/c1-15-5-3-11-27(13-15)21-25-26-22(28(21)14-19-6-4-12-30-19)31-16(2)20(29)24-18-9-7-17(23)8-10-18/h4,6-10,12,15-16H,3,5,11,13-14H2,1-2H3,(H,24,29). The van der Waals surface area contributed by atoms with Gasteiger partial charge < -0.3 is 14.6 Å². The van der Waals surface area contributed by atoms with Gasteiger partial charge in [0.1, 0.15) is 5.76 Å². The Morgan fingerprint density at radius 3 is 2.84 bits per heavy atom. The first kappa shape index (κ1) is 21.8. The van der Waals surface area contributed by atoms with Gasteiger partial charge in [0.25, 0.3) is 0 Å². The van der Waals surface area contributed by atoms with Crippen LogP contribution in [0.2, 0.25) is 5.02 Å². The topological polar surface area (TPSA) is 76.2 Å². The largest absolute Gasteiger partial charge is 0.467 e. The lowest BCUT2D eigenvalue weighted by atomic mass is 10.0. The Labute approximate surface area is 191 Å². The summed E-state index contributed by atoms with van der Waals surface area (Å²) < 4.78 is 7.62. The van der Waals surface area contributed by atoms with Gasteiger partial charge in [-0.05, 0) is 62.1 Å². The molecular weight excluding hydrogens is 434 g/mol. The Balaban J connectivity index is 1.52. The molecule has 7 nitrogen and oxygen atoms in total. The highest BCUT2D eigenvalue weighted by Crippen LogP contribution is 2.29. The van der Waals surface area contributed by atoms with E-state index in [1.165, 1.54) is 18.2 Å². The van der Waals surface area contributed by atoms with E-state index in [1.54, 1.807) is 30.5 Å². The van der Waals surface area contributed by atoms with Crippen LogP contribution in [0.3, 0.4) is 0 Å². The van der Waals surface area contributed by atoms with Crippen molar-refractivity contribution >= 4 is 40.9 Å². The van der Waals surface area contributed by atoms with Gasteiger partial charge in [-0.3, -0.25) is 9.36 Å². The SMILES string of the molecule is CC1CCCN(c2nnc(SC(C)C(=O)Nc3ccc(Cl)cc3)n2Cc2ccco2)C1. The molecule has 1 aliphatic heterocycles. The van der Waals surface area contributed by atoms with Crippen molar-refractivity contribution in [2.24, 2.45) is 5.92 Å². The number of piperidine rings is 1. The minimum absolute atomic E-state index is 0.104. The maximum Gasteiger partial charge on any atom is 0.237 e. The van der Waals surface area contributed by atoms with E-state index in [4.69, 9.17) is 16.0 Å². The first-order chi connectivity index (χ1) is 15.0. The number of amides is 1. The summed E-state index contributed by atoms with van der Waals surface area (Å²) in [6.07, 6.45) is 4.03. The molecule has 0 bridgehead atoms. The Kier molecular flexibility index (Phi) is 6.87. The van der Waals surface area contributed by atoms with E-state index in [0.717, 1.165) is 31.2 Å². The third-order valence-electron chi connectivity index (χ3n) is 5.29. The van der Waals surface area contributed by atoms with E-state index in [1.807, 2.05) is 23.6 Å². The van der Waals surface area contributed by atoms with Crippen LogP contribution in [0.4, 0.5) is 11.6 Å². The number of hydrogen-bond acceptors (Lipinski definition) is 6. The summed E-state index contributed by atoms with van der Waals surface area (Å²) in [5.41, 5.74) is 0.710. The molecule has 0 aliphatic carbocycles. The number of furan rings is 1. The molecule has 0 saturated carbocycles. The molecule has 1 amide bonds. The predicted molar refractivity (Wildman–Crippen MR) is 124 cm³/mol. The predicted octanol–water partition coefficient (Wildman–Crippen LogP) is 4.93. The van der Waals surface area contributed by atoms with E-state index in [2.05, 4.69) is 27.3 Å². The summed E-state index contributed by atoms with van der Waals surface area (Å²) in [5, 5.41) is 12.8. The van der Waals surface area contributed by atoms with Gasteiger partial charge in [0.2, 0.25) is 11.9 Å². The number of halogens is 1. The zero-order valence-corrected chi connectivity index (χ0v) is 19.2. The Bertz CT molecular complexity index is 1010. The highest BCUT2D eigenvalue weighted by Gasteiger charge is 2.26. The summed E-state index contributed by atoms with van der Waals surface area (Å²) >= 11 is 7.31. The Morgan fingerprint density at radius 2 is 2.13 bits per heavy atom. The molecule has 1 aliphatic rings. The van der Waals surface area contributed by atoms with Crippen molar-refractivity contribution in [3.63, 3.8) is 0 Å². The minimum atomic E-state index is -0.358. The maximum absolute atomic E-state index is 12.7. The second kappa shape index (κ2) is 9.78. The molecular formula is C22H26ClN5O2S. The van der Waals surface area contributed by atoms with Crippen LogP contribution in [-0.4, -0.2) is 39.0 Å². The van der Waals surface area contributed by atoms with Crippen LogP contribution in [0.1, 0.15) is 32.4 Å². The van der Waals surface area contributed by atoms with Crippen molar-refractivity contribution in [2.75, 3.05) is 23.3 Å². The number of nitrogens with one attached hydrogen (secondary N) is 1. The van der Waals surface area contributed by atoms with E-state index in [9.17, 15) is 4.79 Å². The van der Waals surface area contributed by atoms with Crippen LogP contribution in [0, 0.1) is 5.92 Å². The monoisotopic (exact) mass is 459 g/mol. The van der Waals surface area contributed by atoms with E-state index >= 15 is 0 Å². The average molecular weight is 460 g/mol. The summed E-state index contributed by atoms with van der Waals surface area (Å²) in [6.45, 7) is 6.56. The molecule has 9 heteroatoms. The molecule has 1 saturated heterocycles. The fourth-order valence-corrected chi connectivity index (χ4v) is 4.63. The van der Waals surface area contributed by atoms with Crippen LogP contribution in [0.5, 0.6) is 0 Å². The van der Waals surface area contributed by atoms with Gasteiger partial charge in [0.15, 0.2) is 5.16 Å². The fourth-order valence-electron chi connectivity index (χ4n) is 3.66. The molecule has 3 aromatic rings. The van der Waals surface area contributed by atoms with Crippen molar-refractivity contribution in [1.29, 1.82) is 0 Å². The van der Waals surface area contributed by atoms with Gasteiger partial charge in [-0.15, -0.1) is 10.2 Å². The number of hydrogen-bond donors (Lipinski definition) is 1. The number of rotatable bonds is 7. The Morgan fingerprint density at radius 1 is 1.32 bits per heavy atom. The number of aromatic nitrogens is 3. The molecule has 2 aromatic heterocycles. The second-order valence-corrected chi connectivity index (χ2v) is 9.64. The van der Waals surface area contributed by atoms with E-state index in [-0.39, 0.29) is 11.2 Å². The molecule has 0 spiro atoms. The molecule has 1 N–H and O–H groups in total. The molecule has 31 heavy (non-hydrogen) atoms. The van der Waals surface area contributed by atoms with Crippen molar-refractivity contribution < 1.29 is 9.21 Å². The summed E-state index contributed by atoms with van der Waals surface area (Å²) in [7, 11) is 0. The third kappa shape index (κ3) is 5.43. The van der Waals surface area contributed by atoms with E-state index in [0.29, 0.717) is 28.3 Å². The van der Waals surface area contributed by atoms with E-state index < -0.39 is 0 Å². The lowest BCUT2D eigenvalue weighted by molar-refractivity contribution is -0.115. The van der Waals surface area contributed by atoms with Gasteiger partial charge in [-0.25, -0.2) is 0 Å². The normalized spacial score (nSPS) is 17.5. The number of benzene rings is 1.